The zero-order valence-electron chi connectivity index (χ0n) is 7.70. The first-order chi connectivity index (χ1) is 6.26. The third-order valence-electron chi connectivity index (χ3n) is 1.98. The van der Waals surface area contributed by atoms with Gasteiger partial charge in [0.2, 0.25) is 0 Å². The first-order valence-electron chi connectivity index (χ1n) is 4.36. The molecule has 0 bridgehead atoms. The second-order valence-electron chi connectivity index (χ2n) is 3.30. The molecule has 0 aliphatic rings. The van der Waals surface area contributed by atoms with E-state index < -0.39 is 0 Å². The molecule has 0 radical (unpaired) electrons. The molecule has 0 saturated heterocycles. The maximum atomic E-state index is 8.61. The van der Waals surface area contributed by atoms with Crippen LogP contribution in [-0.2, 0) is 6.42 Å². The van der Waals surface area contributed by atoms with Crippen molar-refractivity contribution in [2.45, 2.75) is 17.8 Å². The molecule has 1 rings (SSSR count). The molecule has 13 heavy (non-hydrogen) atoms. The Morgan fingerprint density at radius 1 is 1.38 bits per heavy atom. The zero-order valence-corrected chi connectivity index (χ0v) is 10.2. The van der Waals surface area contributed by atoms with Crippen LogP contribution < -0.4 is 0 Å². The predicted octanol–water partition coefficient (Wildman–Crippen LogP) is 2.06. The average Bonchev–Trinajstić information content (AvgIpc) is 2.19. The molecule has 0 amide bonds. The molecule has 68 valence electrons. The molecule has 0 aromatic heterocycles. The number of hydrogen-bond donors (Lipinski definition) is 0. The fourth-order valence-electron chi connectivity index (χ4n) is 1.18. The minimum atomic E-state index is 0.747. The molecule has 1 unspecified atom stereocenters. The first-order valence-corrected chi connectivity index (χ1v) is 6.16. The molecule has 0 fully saturated rings. The summed E-state index contributed by atoms with van der Waals surface area (Å²) in [5, 5.41) is 8.61. The summed E-state index contributed by atoms with van der Waals surface area (Å²) in [4.78, 5) is 0. The van der Waals surface area contributed by atoms with E-state index >= 15 is 0 Å². The maximum absolute atomic E-state index is 8.61. The zero-order chi connectivity index (χ0) is 9.68. The first kappa shape index (κ1) is 10.6. The molecule has 0 spiro atoms. The number of benzene rings is 1. The molecule has 0 saturated carbocycles. The van der Waals surface area contributed by atoms with E-state index in [1.54, 1.807) is 0 Å². The minimum absolute atomic E-state index is 0.747. The molecule has 1 nitrogen and oxygen atoms in total. The molecule has 0 aliphatic heterocycles. The van der Waals surface area contributed by atoms with Crippen molar-refractivity contribution >= 4 is 22.3 Å². The van der Waals surface area contributed by atoms with Gasteiger partial charge in [0.25, 0.3) is 0 Å². The van der Waals surface area contributed by atoms with Crippen LogP contribution in [0.1, 0.15) is 18.1 Å². The van der Waals surface area contributed by atoms with Gasteiger partial charge in [-0.3, -0.25) is 0 Å². The van der Waals surface area contributed by atoms with E-state index in [0.717, 1.165) is 17.9 Å². The van der Waals surface area contributed by atoms with Crippen LogP contribution in [0.4, 0.5) is 0 Å². The third-order valence-corrected chi connectivity index (χ3v) is 3.76. The van der Waals surface area contributed by atoms with E-state index in [1.807, 2.05) is 34.4 Å². The van der Waals surface area contributed by atoms with Gasteiger partial charge in [-0.25, -0.2) is 0 Å². The number of hydrogen-bond acceptors (Lipinski definition) is 1. The molecule has 2 heteroatoms. The second-order valence-corrected chi connectivity index (χ2v) is 4.34. The van der Waals surface area contributed by atoms with Crippen LogP contribution in [0.2, 0.25) is 4.47 Å². The molecule has 1 atom stereocenters. The van der Waals surface area contributed by atoms with E-state index in [4.69, 9.17) is 5.26 Å². The van der Waals surface area contributed by atoms with Crippen LogP contribution in [0, 0.1) is 17.2 Å². The average molecular weight is 287 g/mol. The Morgan fingerprint density at radius 2 is 2.00 bits per heavy atom. The molecular weight excluding hydrogens is 274 g/mol. The Kier molecular flexibility index (Phi) is 4.29. The number of nitrogens with zero attached hydrogens (tertiary/aromatic N) is 1. The fourth-order valence-corrected chi connectivity index (χ4v) is 1.55. The van der Waals surface area contributed by atoms with Gasteiger partial charge in [-0.2, -0.15) is 0 Å². The van der Waals surface area contributed by atoms with Crippen molar-refractivity contribution in [3.05, 3.63) is 35.4 Å². The topological polar surface area (TPSA) is 23.8 Å². The SMILES string of the molecule is CC(C[TeH])Cc1ccc(C#N)cc1. The summed E-state index contributed by atoms with van der Waals surface area (Å²) < 4.78 is 1.26. The van der Waals surface area contributed by atoms with Gasteiger partial charge in [-0.05, 0) is 0 Å². The molecule has 0 aliphatic carbocycles. The second kappa shape index (κ2) is 5.28. The van der Waals surface area contributed by atoms with Crippen LogP contribution in [0.25, 0.3) is 0 Å². The van der Waals surface area contributed by atoms with Gasteiger partial charge in [0.1, 0.15) is 0 Å². The van der Waals surface area contributed by atoms with Gasteiger partial charge in [-0.15, -0.1) is 0 Å². The van der Waals surface area contributed by atoms with E-state index in [1.165, 1.54) is 10.0 Å². The number of rotatable bonds is 3. The normalized spacial score (nSPS) is 12.1. The molecule has 1 aromatic carbocycles. The Hall–Kier alpha value is -0.500. The van der Waals surface area contributed by atoms with Crippen molar-refractivity contribution < 1.29 is 0 Å². The van der Waals surface area contributed by atoms with Crippen molar-refractivity contribution in [1.29, 1.82) is 5.26 Å². The van der Waals surface area contributed by atoms with Crippen molar-refractivity contribution in [2.24, 2.45) is 5.92 Å². The molecule has 0 N–H and O–H groups in total. The summed E-state index contributed by atoms with van der Waals surface area (Å²) in [6.07, 6.45) is 1.13. The van der Waals surface area contributed by atoms with Crippen molar-refractivity contribution in [3.8, 4) is 6.07 Å². The van der Waals surface area contributed by atoms with E-state index in [-0.39, 0.29) is 0 Å². The van der Waals surface area contributed by atoms with Gasteiger partial charge < -0.3 is 0 Å². The third kappa shape index (κ3) is 3.39. The molecule has 0 heterocycles. The quantitative estimate of drug-likeness (QED) is 0.781. The van der Waals surface area contributed by atoms with Crippen molar-refractivity contribution in [1.82, 2.24) is 0 Å². The van der Waals surface area contributed by atoms with E-state index in [9.17, 15) is 0 Å². The van der Waals surface area contributed by atoms with Crippen LogP contribution in [0.3, 0.4) is 0 Å². The summed E-state index contributed by atoms with van der Waals surface area (Å²) in [6, 6.07) is 10.0. The summed E-state index contributed by atoms with van der Waals surface area (Å²) >= 11 is 1.87. The molecular formula is C11H13NTe. The summed E-state index contributed by atoms with van der Waals surface area (Å²) in [5.74, 6) is 0.752. The predicted molar refractivity (Wildman–Crippen MR) is 56.0 cm³/mol. The number of nitriles is 1. The van der Waals surface area contributed by atoms with Gasteiger partial charge >= 0.3 is 92.7 Å². The van der Waals surface area contributed by atoms with Crippen molar-refractivity contribution in [3.63, 3.8) is 0 Å². The summed E-state index contributed by atoms with van der Waals surface area (Å²) in [5.41, 5.74) is 2.08. The monoisotopic (exact) mass is 289 g/mol. The van der Waals surface area contributed by atoms with Gasteiger partial charge in [-0.1, -0.05) is 0 Å². The van der Waals surface area contributed by atoms with E-state index in [2.05, 4.69) is 25.1 Å². The van der Waals surface area contributed by atoms with Crippen LogP contribution in [0.15, 0.2) is 24.3 Å². The molecule has 1 aromatic rings. The standard InChI is InChI=1S/C11H13NTe/c1-9(8-13)6-10-2-4-11(7-12)5-3-10/h2-5,9,13H,6,8H2,1H3. The van der Waals surface area contributed by atoms with Gasteiger partial charge in [0, 0.05) is 0 Å². The fraction of sp³-hybridized carbons (Fsp3) is 0.364. The Labute approximate surface area is 92.7 Å². The Balaban J connectivity index is 2.65. The van der Waals surface area contributed by atoms with Crippen LogP contribution in [0.5, 0.6) is 0 Å². The van der Waals surface area contributed by atoms with Gasteiger partial charge in [0.05, 0.1) is 0 Å². The Bertz CT molecular complexity index is 297. The summed E-state index contributed by atoms with van der Waals surface area (Å²) in [7, 11) is 0. The van der Waals surface area contributed by atoms with E-state index in [0.29, 0.717) is 0 Å². The van der Waals surface area contributed by atoms with Gasteiger partial charge in [0.15, 0.2) is 0 Å². The van der Waals surface area contributed by atoms with Crippen molar-refractivity contribution in [2.75, 3.05) is 0 Å². The van der Waals surface area contributed by atoms with Crippen LogP contribution >= 0.6 is 0 Å². The van der Waals surface area contributed by atoms with Crippen LogP contribution in [-0.4, -0.2) is 22.3 Å². The summed E-state index contributed by atoms with van der Waals surface area (Å²) in [6.45, 7) is 2.26. The Morgan fingerprint density at radius 3 is 2.46 bits per heavy atom.